The largest absolute Gasteiger partial charge is 0.493 e. The first-order valence-electron chi connectivity index (χ1n) is 7.07. The maximum absolute atomic E-state index is 12.5. The lowest BCUT2D eigenvalue weighted by Crippen LogP contribution is -2.45. The van der Waals surface area contributed by atoms with Crippen molar-refractivity contribution in [2.45, 2.75) is 25.3 Å². The van der Waals surface area contributed by atoms with Crippen molar-refractivity contribution in [3.63, 3.8) is 0 Å². The quantitative estimate of drug-likeness (QED) is 0.731. The molecule has 1 aromatic carbocycles. The summed E-state index contributed by atoms with van der Waals surface area (Å²) in [6.07, 6.45) is 2.50. The first-order chi connectivity index (χ1) is 10.6. The van der Waals surface area contributed by atoms with Crippen LogP contribution in [0.4, 0.5) is 0 Å². The number of carbonyl (C=O) groups excluding carboxylic acids is 2. The summed E-state index contributed by atoms with van der Waals surface area (Å²) >= 11 is 2.07. The van der Waals surface area contributed by atoms with Crippen molar-refractivity contribution in [1.29, 1.82) is 0 Å². The number of nitrogens with one attached hydrogen (secondary N) is 2. The highest BCUT2D eigenvalue weighted by Crippen LogP contribution is 2.31. The molecule has 0 saturated carbocycles. The van der Waals surface area contributed by atoms with E-state index in [1.165, 1.54) is 7.11 Å². The monoisotopic (exact) mass is 418 g/mol. The maximum atomic E-state index is 12.5. The van der Waals surface area contributed by atoms with Crippen molar-refractivity contribution in [2.75, 3.05) is 20.8 Å². The summed E-state index contributed by atoms with van der Waals surface area (Å²) in [5, 5.41) is 5.61. The normalized spacial score (nSPS) is 18.1. The van der Waals surface area contributed by atoms with E-state index in [0.29, 0.717) is 30.0 Å². The Kier molecular flexibility index (Phi) is 5.87. The third-order valence-corrected chi connectivity index (χ3v) is 4.45. The van der Waals surface area contributed by atoms with E-state index < -0.39 is 6.04 Å². The smallest absolute Gasteiger partial charge is 0.253 e. The van der Waals surface area contributed by atoms with Crippen molar-refractivity contribution >= 4 is 34.4 Å². The number of carbonyl (C=O) groups is 2. The van der Waals surface area contributed by atoms with Crippen molar-refractivity contribution in [1.82, 2.24) is 10.6 Å². The van der Waals surface area contributed by atoms with Gasteiger partial charge < -0.3 is 20.1 Å². The van der Waals surface area contributed by atoms with Crippen LogP contribution in [0.15, 0.2) is 12.1 Å². The van der Waals surface area contributed by atoms with Crippen LogP contribution >= 0.6 is 22.6 Å². The first kappa shape index (κ1) is 16.9. The highest BCUT2D eigenvalue weighted by atomic mass is 127. The van der Waals surface area contributed by atoms with Crippen molar-refractivity contribution in [3.8, 4) is 11.5 Å². The van der Waals surface area contributed by atoms with Gasteiger partial charge >= 0.3 is 0 Å². The molecule has 1 atom stereocenters. The van der Waals surface area contributed by atoms with E-state index >= 15 is 0 Å². The lowest BCUT2D eigenvalue weighted by atomic mass is 10.1. The van der Waals surface area contributed by atoms with E-state index in [2.05, 4.69) is 33.2 Å². The zero-order valence-corrected chi connectivity index (χ0v) is 14.7. The highest BCUT2D eigenvalue weighted by Gasteiger charge is 2.24. The van der Waals surface area contributed by atoms with Crippen LogP contribution in [0.1, 0.15) is 29.6 Å². The number of rotatable bonds is 4. The number of methoxy groups -OCH3 is 2. The molecule has 0 spiro atoms. The summed E-state index contributed by atoms with van der Waals surface area (Å²) in [7, 11) is 3.06. The van der Waals surface area contributed by atoms with Gasteiger partial charge in [-0.15, -0.1) is 0 Å². The molecule has 1 unspecified atom stereocenters. The Hall–Kier alpha value is -1.51. The maximum Gasteiger partial charge on any atom is 0.253 e. The van der Waals surface area contributed by atoms with Crippen LogP contribution in [0.25, 0.3) is 0 Å². The molecule has 1 aliphatic heterocycles. The van der Waals surface area contributed by atoms with E-state index in [0.717, 1.165) is 16.4 Å². The molecule has 6 nitrogen and oxygen atoms in total. The van der Waals surface area contributed by atoms with Gasteiger partial charge in [0.2, 0.25) is 5.91 Å². The molecule has 0 radical (unpaired) electrons. The van der Waals surface area contributed by atoms with E-state index in [-0.39, 0.29) is 11.8 Å². The third-order valence-electron chi connectivity index (χ3n) is 3.56. The molecule has 0 aliphatic carbocycles. The van der Waals surface area contributed by atoms with Gasteiger partial charge in [0, 0.05) is 10.1 Å². The lowest BCUT2D eigenvalue weighted by Gasteiger charge is -2.17. The zero-order chi connectivity index (χ0) is 16.1. The van der Waals surface area contributed by atoms with Gasteiger partial charge in [-0.25, -0.2) is 0 Å². The summed E-state index contributed by atoms with van der Waals surface area (Å²) in [6.45, 7) is 0.666. The van der Waals surface area contributed by atoms with E-state index in [4.69, 9.17) is 9.47 Å². The van der Waals surface area contributed by atoms with Gasteiger partial charge in [-0.3, -0.25) is 9.59 Å². The Bertz CT molecular complexity index is 577. The van der Waals surface area contributed by atoms with Crippen LogP contribution in [0, 0.1) is 3.57 Å². The highest BCUT2D eigenvalue weighted by molar-refractivity contribution is 14.1. The standard InChI is InChI=1S/C15H19IN2O4/c1-21-12-7-9(10(16)8-13(12)22-2)14(19)18-11-5-3-4-6-17-15(11)20/h7-8,11H,3-6H2,1-2H3,(H,17,20)(H,18,19). The van der Waals surface area contributed by atoms with E-state index in [1.807, 2.05) is 0 Å². The van der Waals surface area contributed by atoms with E-state index in [9.17, 15) is 9.59 Å². The molecular weight excluding hydrogens is 399 g/mol. The zero-order valence-electron chi connectivity index (χ0n) is 12.6. The van der Waals surface area contributed by atoms with Gasteiger partial charge in [0.25, 0.3) is 5.91 Å². The summed E-state index contributed by atoms with van der Waals surface area (Å²) < 4.78 is 11.2. The third kappa shape index (κ3) is 3.82. The Balaban J connectivity index is 2.20. The molecule has 1 saturated heterocycles. The van der Waals surface area contributed by atoms with Gasteiger partial charge in [0.05, 0.1) is 19.8 Å². The SMILES string of the molecule is COc1cc(I)c(C(=O)NC2CCCCNC2=O)cc1OC. The molecule has 1 fully saturated rings. The van der Waals surface area contributed by atoms with E-state index in [1.54, 1.807) is 19.2 Å². The average Bonchev–Trinajstić information content (AvgIpc) is 2.71. The topological polar surface area (TPSA) is 76.7 Å². The first-order valence-corrected chi connectivity index (χ1v) is 8.14. The van der Waals surface area contributed by atoms with Crippen LogP contribution in [0.5, 0.6) is 11.5 Å². The number of amides is 2. The number of hydrogen-bond donors (Lipinski definition) is 2. The fourth-order valence-electron chi connectivity index (χ4n) is 2.34. The van der Waals surface area contributed by atoms with Gasteiger partial charge in [0.15, 0.2) is 11.5 Å². The molecule has 120 valence electrons. The predicted octanol–water partition coefficient (Wildman–Crippen LogP) is 1.71. The van der Waals surface area contributed by atoms with Crippen LogP contribution < -0.4 is 20.1 Å². The van der Waals surface area contributed by atoms with Crippen LogP contribution in [0.3, 0.4) is 0 Å². The van der Waals surface area contributed by atoms with Crippen LogP contribution in [0.2, 0.25) is 0 Å². The van der Waals surface area contributed by atoms with Crippen LogP contribution in [-0.2, 0) is 4.79 Å². The second-order valence-corrected chi connectivity index (χ2v) is 6.16. The molecule has 1 aromatic rings. The second kappa shape index (κ2) is 7.66. The molecule has 2 rings (SSSR count). The number of hydrogen-bond acceptors (Lipinski definition) is 4. The summed E-state index contributed by atoms with van der Waals surface area (Å²) in [6, 6.07) is 2.88. The fourth-order valence-corrected chi connectivity index (χ4v) is 3.02. The fraction of sp³-hybridized carbons (Fsp3) is 0.467. The second-order valence-electron chi connectivity index (χ2n) is 5.00. The minimum atomic E-state index is -0.487. The number of ether oxygens (including phenoxy) is 2. The number of halogens is 1. The summed E-state index contributed by atoms with van der Waals surface area (Å²) in [5.41, 5.74) is 0.468. The minimum Gasteiger partial charge on any atom is -0.493 e. The van der Waals surface area contributed by atoms with Crippen molar-refractivity contribution < 1.29 is 19.1 Å². The Morgan fingerprint density at radius 3 is 2.64 bits per heavy atom. The molecule has 22 heavy (non-hydrogen) atoms. The van der Waals surface area contributed by atoms with Gasteiger partial charge in [0.1, 0.15) is 6.04 Å². The van der Waals surface area contributed by atoms with Gasteiger partial charge in [-0.05, 0) is 54.0 Å². The Morgan fingerprint density at radius 2 is 1.95 bits per heavy atom. The summed E-state index contributed by atoms with van der Waals surface area (Å²) in [4.78, 5) is 24.4. The van der Waals surface area contributed by atoms with Gasteiger partial charge in [-0.2, -0.15) is 0 Å². The van der Waals surface area contributed by atoms with Crippen molar-refractivity contribution in [2.24, 2.45) is 0 Å². The predicted molar refractivity (Wildman–Crippen MR) is 90.4 cm³/mol. The molecule has 7 heteroatoms. The molecule has 2 amide bonds. The molecule has 1 heterocycles. The molecule has 2 N–H and O–H groups in total. The Morgan fingerprint density at radius 1 is 1.27 bits per heavy atom. The average molecular weight is 418 g/mol. The minimum absolute atomic E-state index is 0.124. The van der Waals surface area contributed by atoms with Gasteiger partial charge in [-0.1, -0.05) is 0 Å². The lowest BCUT2D eigenvalue weighted by molar-refractivity contribution is -0.122. The summed E-state index contributed by atoms with van der Waals surface area (Å²) in [5.74, 6) is 0.641. The van der Waals surface area contributed by atoms with Crippen LogP contribution in [-0.4, -0.2) is 38.6 Å². The molecular formula is C15H19IN2O4. The Labute approximate surface area is 143 Å². The van der Waals surface area contributed by atoms with Crippen molar-refractivity contribution in [3.05, 3.63) is 21.3 Å². The molecule has 0 aromatic heterocycles. The molecule has 1 aliphatic rings. The molecule has 0 bridgehead atoms. The number of benzene rings is 1.